The zero-order chi connectivity index (χ0) is 20.1. The van der Waals surface area contributed by atoms with Crippen molar-refractivity contribution in [2.45, 2.75) is 25.1 Å². The molecule has 2 heterocycles. The molecule has 146 valence electrons. The fourth-order valence-corrected chi connectivity index (χ4v) is 4.18. The third-order valence-electron chi connectivity index (χ3n) is 4.61. The van der Waals surface area contributed by atoms with Crippen LogP contribution in [0.4, 0.5) is 0 Å². The topological polar surface area (TPSA) is 58.2 Å². The van der Waals surface area contributed by atoms with Gasteiger partial charge in [-0.05, 0) is 36.6 Å². The van der Waals surface area contributed by atoms with Crippen LogP contribution >= 0.6 is 11.8 Å². The largest absolute Gasteiger partial charge is 0.467 e. The van der Waals surface area contributed by atoms with E-state index in [-0.39, 0.29) is 11.2 Å². The number of carbonyl (C=O) groups excluding carboxylic acids is 1. The van der Waals surface area contributed by atoms with Gasteiger partial charge >= 0.3 is 0 Å². The third kappa shape index (κ3) is 4.84. The Morgan fingerprint density at radius 2 is 1.86 bits per heavy atom. The number of aryl methyl sites for hydroxylation is 1. The number of nitrogens with zero attached hydrogens (tertiary/aromatic N) is 3. The van der Waals surface area contributed by atoms with E-state index < -0.39 is 0 Å². The molecule has 0 aliphatic carbocycles. The summed E-state index contributed by atoms with van der Waals surface area (Å²) in [5.74, 6) is 0.746. The minimum atomic E-state index is -0.224. The summed E-state index contributed by atoms with van der Waals surface area (Å²) in [6, 6.07) is 21.7. The summed E-state index contributed by atoms with van der Waals surface area (Å²) in [7, 11) is 0. The van der Waals surface area contributed by atoms with Gasteiger partial charge < -0.3 is 4.42 Å². The Labute approximate surface area is 174 Å². The highest BCUT2D eigenvalue weighted by Gasteiger charge is 2.38. The standard InChI is InChI=1S/C23H21N3O2S/c1-17-9-11-18(12-10-17)14-21-22(27)26(16-20-8-5-13-28-20)23(29-21)25-24-15-19-6-3-2-4-7-19/h2-13,15,21H,14,16H2,1H3. The zero-order valence-electron chi connectivity index (χ0n) is 16.1. The van der Waals surface area contributed by atoms with Crippen LogP contribution in [0.15, 0.2) is 87.6 Å². The second kappa shape index (κ2) is 8.92. The van der Waals surface area contributed by atoms with Crippen molar-refractivity contribution < 1.29 is 9.21 Å². The fourth-order valence-electron chi connectivity index (χ4n) is 3.04. The van der Waals surface area contributed by atoms with Crippen LogP contribution in [0.1, 0.15) is 22.5 Å². The van der Waals surface area contributed by atoms with Gasteiger partial charge in [-0.15, -0.1) is 5.10 Å². The number of thioether (sulfide) groups is 1. The highest BCUT2D eigenvalue weighted by atomic mass is 32.2. The first-order valence-corrected chi connectivity index (χ1v) is 10.3. The summed E-state index contributed by atoms with van der Waals surface area (Å²) in [6.07, 6.45) is 3.95. The van der Waals surface area contributed by atoms with Gasteiger partial charge in [0.15, 0.2) is 5.17 Å². The Balaban J connectivity index is 1.54. The Kier molecular flexibility index (Phi) is 5.91. The van der Waals surface area contributed by atoms with Crippen molar-refractivity contribution in [1.29, 1.82) is 0 Å². The van der Waals surface area contributed by atoms with Crippen molar-refractivity contribution in [3.05, 3.63) is 95.4 Å². The van der Waals surface area contributed by atoms with Crippen molar-refractivity contribution in [3.63, 3.8) is 0 Å². The first kappa shape index (κ1) is 19.2. The highest BCUT2D eigenvalue weighted by molar-refractivity contribution is 8.15. The van der Waals surface area contributed by atoms with Crippen molar-refractivity contribution in [2.75, 3.05) is 0 Å². The number of rotatable bonds is 6. The maximum absolute atomic E-state index is 13.1. The molecule has 1 fully saturated rings. The molecule has 3 aromatic rings. The molecule has 6 heteroatoms. The SMILES string of the molecule is Cc1ccc(CC2SC(=NN=Cc3ccccc3)N(Cc3ccco3)C2=O)cc1. The molecule has 5 nitrogen and oxygen atoms in total. The van der Waals surface area contributed by atoms with Gasteiger partial charge in [0.25, 0.3) is 0 Å². The maximum Gasteiger partial charge on any atom is 0.242 e. The predicted molar refractivity (Wildman–Crippen MR) is 117 cm³/mol. The summed E-state index contributed by atoms with van der Waals surface area (Å²) in [6.45, 7) is 2.41. The number of furan rings is 1. The highest BCUT2D eigenvalue weighted by Crippen LogP contribution is 2.31. The molecule has 4 rings (SSSR count). The molecule has 0 spiro atoms. The van der Waals surface area contributed by atoms with E-state index in [9.17, 15) is 4.79 Å². The normalized spacial score (nSPS) is 18.2. The summed E-state index contributed by atoms with van der Waals surface area (Å²) >= 11 is 1.45. The summed E-state index contributed by atoms with van der Waals surface area (Å²) in [5, 5.41) is 8.93. The second-order valence-electron chi connectivity index (χ2n) is 6.84. The van der Waals surface area contributed by atoms with Gasteiger partial charge in [0, 0.05) is 0 Å². The number of hydrogen-bond donors (Lipinski definition) is 0. The number of amides is 1. The van der Waals surface area contributed by atoms with Crippen LogP contribution in [-0.2, 0) is 17.8 Å². The van der Waals surface area contributed by atoms with E-state index in [0.717, 1.165) is 16.9 Å². The van der Waals surface area contributed by atoms with Crippen LogP contribution in [0.3, 0.4) is 0 Å². The molecule has 1 aliphatic heterocycles. The van der Waals surface area contributed by atoms with E-state index in [1.807, 2.05) is 42.5 Å². The summed E-state index contributed by atoms with van der Waals surface area (Å²) < 4.78 is 5.44. The lowest BCUT2D eigenvalue weighted by Crippen LogP contribution is -2.32. The van der Waals surface area contributed by atoms with E-state index in [1.54, 1.807) is 17.4 Å². The Morgan fingerprint density at radius 1 is 1.07 bits per heavy atom. The average molecular weight is 404 g/mol. The fraction of sp³-hybridized carbons (Fsp3) is 0.174. The van der Waals surface area contributed by atoms with Crippen molar-refractivity contribution in [2.24, 2.45) is 10.2 Å². The molecule has 1 amide bonds. The lowest BCUT2D eigenvalue weighted by Gasteiger charge is -2.14. The molecule has 0 saturated carbocycles. The lowest BCUT2D eigenvalue weighted by molar-refractivity contribution is -0.126. The molecular weight excluding hydrogens is 382 g/mol. The molecular formula is C23H21N3O2S. The summed E-state index contributed by atoms with van der Waals surface area (Å²) in [4.78, 5) is 14.7. The van der Waals surface area contributed by atoms with Crippen LogP contribution in [-0.4, -0.2) is 27.4 Å². The smallest absolute Gasteiger partial charge is 0.242 e. The number of amidine groups is 1. The summed E-state index contributed by atoms with van der Waals surface area (Å²) in [5.41, 5.74) is 3.30. The van der Waals surface area contributed by atoms with Crippen LogP contribution in [0.5, 0.6) is 0 Å². The van der Waals surface area contributed by atoms with Crippen molar-refractivity contribution in [3.8, 4) is 0 Å². The predicted octanol–water partition coefficient (Wildman–Crippen LogP) is 4.66. The van der Waals surface area contributed by atoms with E-state index in [1.165, 1.54) is 17.3 Å². The minimum Gasteiger partial charge on any atom is -0.467 e. The number of benzene rings is 2. The van der Waals surface area contributed by atoms with E-state index in [4.69, 9.17) is 4.42 Å². The monoisotopic (exact) mass is 403 g/mol. The Bertz CT molecular complexity index is 1010. The molecule has 1 unspecified atom stereocenters. The molecule has 1 aliphatic rings. The lowest BCUT2D eigenvalue weighted by atomic mass is 10.1. The molecule has 2 aromatic carbocycles. The molecule has 0 N–H and O–H groups in total. The minimum absolute atomic E-state index is 0.0284. The molecule has 29 heavy (non-hydrogen) atoms. The van der Waals surface area contributed by atoms with Gasteiger partial charge in [-0.2, -0.15) is 5.10 Å². The van der Waals surface area contributed by atoms with Crippen LogP contribution in [0, 0.1) is 6.92 Å². The first-order valence-electron chi connectivity index (χ1n) is 9.41. The van der Waals surface area contributed by atoms with Crippen molar-refractivity contribution >= 4 is 29.1 Å². The van der Waals surface area contributed by atoms with Gasteiger partial charge in [-0.3, -0.25) is 9.69 Å². The zero-order valence-corrected chi connectivity index (χ0v) is 16.9. The Morgan fingerprint density at radius 3 is 2.59 bits per heavy atom. The number of carbonyl (C=O) groups is 1. The molecule has 1 atom stereocenters. The quantitative estimate of drug-likeness (QED) is 0.444. The van der Waals surface area contributed by atoms with Gasteiger partial charge in [0.2, 0.25) is 5.91 Å². The van der Waals surface area contributed by atoms with E-state index in [0.29, 0.717) is 18.1 Å². The van der Waals surface area contributed by atoms with E-state index in [2.05, 4.69) is 41.4 Å². The number of hydrogen-bond acceptors (Lipinski definition) is 5. The van der Waals surface area contributed by atoms with Crippen LogP contribution in [0.25, 0.3) is 0 Å². The Hall–Kier alpha value is -3.12. The third-order valence-corrected chi connectivity index (χ3v) is 5.77. The van der Waals surface area contributed by atoms with Gasteiger partial charge in [0.05, 0.1) is 24.3 Å². The first-order chi connectivity index (χ1) is 14.2. The van der Waals surface area contributed by atoms with Gasteiger partial charge in [0.1, 0.15) is 5.76 Å². The van der Waals surface area contributed by atoms with Gasteiger partial charge in [-0.25, -0.2) is 0 Å². The molecule has 0 radical (unpaired) electrons. The maximum atomic E-state index is 13.1. The molecule has 1 aromatic heterocycles. The van der Waals surface area contributed by atoms with E-state index >= 15 is 0 Å². The van der Waals surface area contributed by atoms with Crippen molar-refractivity contribution in [1.82, 2.24) is 4.90 Å². The average Bonchev–Trinajstić information content (AvgIpc) is 3.35. The second-order valence-corrected chi connectivity index (χ2v) is 8.01. The molecule has 1 saturated heterocycles. The van der Waals surface area contributed by atoms with Gasteiger partial charge in [-0.1, -0.05) is 71.9 Å². The van der Waals surface area contributed by atoms with Crippen LogP contribution in [0.2, 0.25) is 0 Å². The molecule has 0 bridgehead atoms. The van der Waals surface area contributed by atoms with Crippen LogP contribution < -0.4 is 0 Å².